The average molecular weight is 374 g/mol. The second-order valence-electron chi connectivity index (χ2n) is 6.46. The maximum atomic E-state index is 11.9. The van der Waals surface area contributed by atoms with Crippen molar-refractivity contribution in [3.63, 3.8) is 0 Å². The standard InChI is InChI=1S/C14H19Cl3O5/c1-12(2)8-3-4-13(12,10(18)19)9(7-8)21-5-6-22-11(20)14(15,16)17/h8-9H,3-7H2,1-2H3,(H,18,19)/t8-,9-,13+/m1/s1. The third-order valence-corrected chi connectivity index (χ3v) is 5.82. The maximum Gasteiger partial charge on any atom is 0.358 e. The van der Waals surface area contributed by atoms with Crippen LogP contribution in [0.1, 0.15) is 33.1 Å². The molecule has 1 N–H and O–H groups in total. The van der Waals surface area contributed by atoms with E-state index in [1.165, 1.54) is 0 Å². The van der Waals surface area contributed by atoms with Crippen molar-refractivity contribution in [3.8, 4) is 0 Å². The second-order valence-corrected chi connectivity index (χ2v) is 8.74. The number of carboxylic acids is 1. The summed E-state index contributed by atoms with van der Waals surface area (Å²) in [5.74, 6) is -1.46. The summed E-state index contributed by atoms with van der Waals surface area (Å²) in [7, 11) is 0. The quantitative estimate of drug-likeness (QED) is 0.455. The van der Waals surface area contributed by atoms with E-state index in [1.54, 1.807) is 0 Å². The van der Waals surface area contributed by atoms with Gasteiger partial charge < -0.3 is 14.6 Å². The summed E-state index contributed by atoms with van der Waals surface area (Å²) in [4.78, 5) is 23.2. The molecule has 0 radical (unpaired) electrons. The number of hydrogen-bond acceptors (Lipinski definition) is 4. The van der Waals surface area contributed by atoms with Gasteiger partial charge in [0.2, 0.25) is 0 Å². The molecule has 0 unspecified atom stereocenters. The van der Waals surface area contributed by atoms with Gasteiger partial charge in [-0.1, -0.05) is 48.7 Å². The monoisotopic (exact) mass is 372 g/mol. The number of rotatable bonds is 5. The number of ether oxygens (including phenoxy) is 2. The van der Waals surface area contributed by atoms with E-state index in [0.29, 0.717) is 18.8 Å². The molecule has 5 nitrogen and oxygen atoms in total. The molecule has 0 aromatic heterocycles. The summed E-state index contributed by atoms with van der Waals surface area (Å²) in [6.07, 6.45) is 1.84. The van der Waals surface area contributed by atoms with E-state index in [0.717, 1.165) is 6.42 Å². The van der Waals surface area contributed by atoms with Crippen molar-refractivity contribution < 1.29 is 24.2 Å². The number of halogens is 3. The lowest BCUT2D eigenvalue weighted by molar-refractivity contribution is -0.167. The highest BCUT2D eigenvalue weighted by Gasteiger charge is 2.68. The molecular weight excluding hydrogens is 355 g/mol. The molecule has 8 heteroatoms. The van der Waals surface area contributed by atoms with Gasteiger partial charge in [0.05, 0.1) is 18.1 Å². The van der Waals surface area contributed by atoms with Crippen molar-refractivity contribution in [3.05, 3.63) is 0 Å². The Balaban J connectivity index is 1.92. The summed E-state index contributed by atoms with van der Waals surface area (Å²) in [6, 6.07) is 0. The zero-order valence-electron chi connectivity index (χ0n) is 12.4. The van der Waals surface area contributed by atoms with E-state index in [-0.39, 0.29) is 24.7 Å². The van der Waals surface area contributed by atoms with E-state index in [9.17, 15) is 14.7 Å². The Labute approximate surface area is 144 Å². The molecule has 22 heavy (non-hydrogen) atoms. The van der Waals surface area contributed by atoms with Gasteiger partial charge in [0.1, 0.15) is 6.61 Å². The third-order valence-electron chi connectivity index (χ3n) is 5.35. The van der Waals surface area contributed by atoms with Crippen LogP contribution in [0, 0.1) is 16.7 Å². The Morgan fingerprint density at radius 1 is 1.27 bits per heavy atom. The van der Waals surface area contributed by atoms with Gasteiger partial charge in [-0.3, -0.25) is 4.79 Å². The first-order valence-corrected chi connectivity index (χ1v) is 8.26. The maximum absolute atomic E-state index is 11.9. The van der Waals surface area contributed by atoms with E-state index < -0.39 is 21.1 Å². The summed E-state index contributed by atoms with van der Waals surface area (Å²) < 4.78 is 8.38. The fourth-order valence-corrected chi connectivity index (χ4v) is 4.20. The van der Waals surface area contributed by atoms with Gasteiger partial charge >= 0.3 is 11.9 Å². The number of carboxylic acid groups (broad SMARTS) is 1. The van der Waals surface area contributed by atoms with Crippen molar-refractivity contribution in [2.75, 3.05) is 13.2 Å². The third kappa shape index (κ3) is 2.81. The topological polar surface area (TPSA) is 72.8 Å². The largest absolute Gasteiger partial charge is 0.481 e. The normalized spacial score (nSPS) is 33.0. The predicted molar refractivity (Wildman–Crippen MR) is 82.2 cm³/mol. The minimum Gasteiger partial charge on any atom is -0.481 e. The van der Waals surface area contributed by atoms with Gasteiger partial charge in [-0.25, -0.2) is 4.79 Å². The zero-order valence-corrected chi connectivity index (χ0v) is 14.7. The van der Waals surface area contributed by atoms with Crippen LogP contribution in [0.25, 0.3) is 0 Å². The van der Waals surface area contributed by atoms with Crippen molar-refractivity contribution >= 4 is 46.7 Å². The predicted octanol–water partition coefficient (Wildman–Crippen LogP) is 3.20. The van der Waals surface area contributed by atoms with Crippen LogP contribution in [0.15, 0.2) is 0 Å². The molecule has 0 heterocycles. The molecule has 0 aromatic carbocycles. The first-order chi connectivity index (χ1) is 10.0. The van der Waals surface area contributed by atoms with E-state index >= 15 is 0 Å². The highest BCUT2D eigenvalue weighted by atomic mass is 35.6. The molecule has 2 rings (SSSR count). The zero-order chi connectivity index (χ0) is 16.8. The lowest BCUT2D eigenvalue weighted by Gasteiger charge is -2.38. The first-order valence-electron chi connectivity index (χ1n) is 7.12. The van der Waals surface area contributed by atoms with Crippen molar-refractivity contribution in [2.45, 2.75) is 43.0 Å². The SMILES string of the molecule is CC1(C)[C@@H]2CC[C@@]1(C(=O)O)[C@H](OCCOC(=O)C(Cl)(Cl)Cl)C2. The summed E-state index contributed by atoms with van der Waals surface area (Å²) in [6.45, 7) is 3.98. The molecule has 126 valence electrons. The van der Waals surface area contributed by atoms with Crippen molar-refractivity contribution in [1.29, 1.82) is 0 Å². The fraction of sp³-hybridized carbons (Fsp3) is 0.857. The van der Waals surface area contributed by atoms with Crippen LogP contribution in [0.4, 0.5) is 0 Å². The number of fused-ring (bicyclic) bond motifs is 2. The minimum absolute atomic E-state index is 0.0784. The number of aliphatic carboxylic acids is 1. The van der Waals surface area contributed by atoms with Gasteiger partial charge in [0, 0.05) is 0 Å². The first kappa shape index (κ1) is 18.1. The van der Waals surface area contributed by atoms with E-state index in [4.69, 9.17) is 44.3 Å². The summed E-state index contributed by atoms with van der Waals surface area (Å²) in [5, 5.41) is 9.73. The van der Waals surface area contributed by atoms with Gasteiger partial charge in [0.15, 0.2) is 0 Å². The Hall–Kier alpha value is -0.230. The van der Waals surface area contributed by atoms with Gasteiger partial charge in [0.25, 0.3) is 3.79 Å². The molecule has 2 fully saturated rings. The summed E-state index contributed by atoms with van der Waals surface area (Å²) in [5.41, 5.74) is -1.19. The molecule has 3 atom stereocenters. The van der Waals surface area contributed by atoms with Crippen LogP contribution in [0.2, 0.25) is 0 Å². The molecule has 0 aromatic rings. The van der Waals surface area contributed by atoms with Crippen LogP contribution < -0.4 is 0 Å². The van der Waals surface area contributed by atoms with Gasteiger partial charge in [-0.05, 0) is 30.6 Å². The Morgan fingerprint density at radius 3 is 2.41 bits per heavy atom. The van der Waals surface area contributed by atoms with Crippen LogP contribution in [-0.4, -0.2) is 40.2 Å². The van der Waals surface area contributed by atoms with Crippen molar-refractivity contribution in [2.24, 2.45) is 16.7 Å². The molecule has 0 amide bonds. The molecule has 0 spiro atoms. The molecule has 2 saturated carbocycles. The van der Waals surface area contributed by atoms with Crippen LogP contribution in [0.5, 0.6) is 0 Å². The Bertz CT molecular complexity index is 474. The lowest BCUT2D eigenvalue weighted by Crippen LogP contribution is -2.47. The molecule has 0 saturated heterocycles. The molecule has 2 aliphatic carbocycles. The highest BCUT2D eigenvalue weighted by molar-refractivity contribution is 6.75. The van der Waals surface area contributed by atoms with Crippen LogP contribution in [-0.2, 0) is 19.1 Å². The van der Waals surface area contributed by atoms with Gasteiger partial charge in [-0.2, -0.15) is 0 Å². The second kappa shape index (κ2) is 6.00. The smallest absolute Gasteiger partial charge is 0.358 e. The summed E-state index contributed by atoms with van der Waals surface area (Å²) >= 11 is 16.1. The number of hydrogen-bond donors (Lipinski definition) is 1. The van der Waals surface area contributed by atoms with E-state index in [1.807, 2.05) is 13.8 Å². The minimum atomic E-state index is -2.11. The average Bonchev–Trinajstić information content (AvgIpc) is 2.78. The molecule has 0 aliphatic heterocycles. The lowest BCUT2D eigenvalue weighted by atomic mass is 9.68. The Morgan fingerprint density at radius 2 is 1.91 bits per heavy atom. The van der Waals surface area contributed by atoms with Crippen LogP contribution >= 0.6 is 34.8 Å². The Kier molecular flexibility index (Phi) is 4.94. The molecule has 2 bridgehead atoms. The number of carbonyl (C=O) groups excluding carboxylic acids is 1. The van der Waals surface area contributed by atoms with E-state index in [2.05, 4.69) is 0 Å². The molecular formula is C14H19Cl3O5. The van der Waals surface area contributed by atoms with Crippen molar-refractivity contribution in [1.82, 2.24) is 0 Å². The highest BCUT2D eigenvalue weighted by Crippen LogP contribution is 2.66. The van der Waals surface area contributed by atoms with Crippen LogP contribution in [0.3, 0.4) is 0 Å². The number of carbonyl (C=O) groups is 2. The number of esters is 1. The fourth-order valence-electron chi connectivity index (χ4n) is 4.03. The van der Waals surface area contributed by atoms with Gasteiger partial charge in [-0.15, -0.1) is 0 Å². The molecule has 2 aliphatic rings. The number of alkyl halides is 3.